The Morgan fingerprint density at radius 2 is 2.26 bits per heavy atom. The number of H-pyrrole nitrogens is 1. The molecule has 3 aromatic rings. The number of nitrogens with two attached hydrogens (primary N) is 1. The molecule has 0 bridgehead atoms. The van der Waals surface area contributed by atoms with Gasteiger partial charge >= 0.3 is 6.09 Å². The van der Waals surface area contributed by atoms with Gasteiger partial charge in [-0.15, -0.1) is 0 Å². The van der Waals surface area contributed by atoms with Gasteiger partial charge in [-0.1, -0.05) is 0 Å². The van der Waals surface area contributed by atoms with E-state index in [0.29, 0.717) is 17.2 Å². The molecule has 4 N–H and O–H groups in total. The highest BCUT2D eigenvalue weighted by Gasteiger charge is 2.10. The molecule has 0 aliphatic heterocycles. The number of carbonyl (C=O) groups excluding carboxylic acids is 1. The Morgan fingerprint density at radius 1 is 1.42 bits per heavy atom. The molecule has 2 heterocycles. The maximum absolute atomic E-state index is 11.2. The molecule has 0 saturated heterocycles. The van der Waals surface area contributed by atoms with Crippen LogP contribution in [0.25, 0.3) is 21.9 Å². The second kappa shape index (κ2) is 4.13. The second-order valence-corrected chi connectivity index (χ2v) is 3.98. The number of rotatable bonds is 1. The number of hydrogen-bond donors (Lipinski definition) is 3. The number of anilines is 2. The molecule has 0 unspecified atom stereocenters. The minimum atomic E-state index is -0.525. The van der Waals surface area contributed by atoms with Crippen molar-refractivity contribution in [2.75, 3.05) is 18.2 Å². The van der Waals surface area contributed by atoms with Crippen LogP contribution in [0.5, 0.6) is 0 Å². The van der Waals surface area contributed by atoms with Crippen LogP contribution in [0.15, 0.2) is 24.5 Å². The van der Waals surface area contributed by atoms with Gasteiger partial charge in [0.2, 0.25) is 0 Å². The number of ether oxygens (including phenoxy) is 1. The van der Waals surface area contributed by atoms with E-state index in [-0.39, 0.29) is 0 Å². The van der Waals surface area contributed by atoms with Crippen molar-refractivity contribution < 1.29 is 9.53 Å². The first-order valence-corrected chi connectivity index (χ1v) is 5.56. The number of benzene rings is 1. The van der Waals surface area contributed by atoms with E-state index in [1.807, 2.05) is 6.07 Å². The zero-order chi connectivity index (χ0) is 13.4. The molecule has 0 radical (unpaired) electrons. The second-order valence-electron chi connectivity index (χ2n) is 3.98. The molecule has 0 aliphatic rings. The molecule has 0 atom stereocenters. The first-order valence-electron chi connectivity index (χ1n) is 5.56. The molecule has 0 spiro atoms. The number of aromatic amines is 1. The number of amides is 1. The molecule has 0 aliphatic carbocycles. The lowest BCUT2D eigenvalue weighted by Crippen LogP contribution is -2.10. The number of carbonyl (C=O) groups is 1. The standard InChI is InChI=1S/C12H11N5O2/c1-19-12(18)16-6-2-3-8-7(4-6)9-10(13)14-5-15-11(9)17-8/h2-5H,1H3,(H,16,18)(H3,13,14,15,17). The van der Waals surface area contributed by atoms with Gasteiger partial charge in [-0.05, 0) is 18.2 Å². The Balaban J connectivity index is 2.21. The van der Waals surface area contributed by atoms with E-state index in [0.717, 1.165) is 16.3 Å². The fourth-order valence-electron chi connectivity index (χ4n) is 1.99. The van der Waals surface area contributed by atoms with Gasteiger partial charge in [-0.3, -0.25) is 5.32 Å². The Labute approximate surface area is 107 Å². The summed E-state index contributed by atoms with van der Waals surface area (Å²) in [5.74, 6) is 0.395. The number of fused-ring (bicyclic) bond motifs is 3. The van der Waals surface area contributed by atoms with Gasteiger partial charge in [0.05, 0.1) is 12.5 Å². The monoisotopic (exact) mass is 257 g/mol. The van der Waals surface area contributed by atoms with Crippen LogP contribution in [0, 0.1) is 0 Å². The predicted molar refractivity (Wildman–Crippen MR) is 71.8 cm³/mol. The van der Waals surface area contributed by atoms with Crippen LogP contribution in [0.2, 0.25) is 0 Å². The maximum Gasteiger partial charge on any atom is 0.411 e. The van der Waals surface area contributed by atoms with Gasteiger partial charge in [0.15, 0.2) is 0 Å². The summed E-state index contributed by atoms with van der Waals surface area (Å²) in [7, 11) is 1.31. The van der Waals surface area contributed by atoms with Crippen LogP contribution < -0.4 is 11.1 Å². The number of nitrogen functional groups attached to an aromatic ring is 1. The summed E-state index contributed by atoms with van der Waals surface area (Å²) in [5, 5.41) is 4.19. The van der Waals surface area contributed by atoms with Crippen LogP contribution in [-0.2, 0) is 4.74 Å². The number of nitrogens with zero attached hydrogens (tertiary/aromatic N) is 2. The minimum absolute atomic E-state index is 0.395. The average molecular weight is 257 g/mol. The zero-order valence-electron chi connectivity index (χ0n) is 10.1. The van der Waals surface area contributed by atoms with Crippen molar-refractivity contribution >= 4 is 39.5 Å². The van der Waals surface area contributed by atoms with E-state index < -0.39 is 6.09 Å². The lowest BCUT2D eigenvalue weighted by atomic mass is 10.2. The van der Waals surface area contributed by atoms with Crippen LogP contribution in [0.3, 0.4) is 0 Å². The van der Waals surface area contributed by atoms with Crippen molar-refractivity contribution in [3.63, 3.8) is 0 Å². The molecule has 1 aromatic carbocycles. The van der Waals surface area contributed by atoms with Crippen molar-refractivity contribution in [3.8, 4) is 0 Å². The lowest BCUT2D eigenvalue weighted by Gasteiger charge is -2.03. The number of nitrogens with one attached hydrogen (secondary N) is 2. The summed E-state index contributed by atoms with van der Waals surface area (Å²) in [5.41, 5.74) is 8.01. The molecule has 19 heavy (non-hydrogen) atoms. The first-order chi connectivity index (χ1) is 9.19. The van der Waals surface area contributed by atoms with E-state index >= 15 is 0 Å². The Morgan fingerprint density at radius 3 is 3.05 bits per heavy atom. The largest absolute Gasteiger partial charge is 0.453 e. The highest BCUT2D eigenvalue weighted by atomic mass is 16.5. The highest BCUT2D eigenvalue weighted by molar-refractivity contribution is 6.11. The van der Waals surface area contributed by atoms with E-state index in [9.17, 15) is 4.79 Å². The molecule has 1 amide bonds. The Hall–Kier alpha value is -2.83. The van der Waals surface area contributed by atoms with E-state index in [1.165, 1.54) is 13.4 Å². The summed E-state index contributed by atoms with van der Waals surface area (Å²) in [6.45, 7) is 0. The van der Waals surface area contributed by atoms with Crippen molar-refractivity contribution in [2.45, 2.75) is 0 Å². The maximum atomic E-state index is 11.2. The SMILES string of the molecule is COC(=O)Nc1ccc2[nH]c3ncnc(N)c3c2c1. The Bertz CT molecular complexity index is 780. The summed E-state index contributed by atoms with van der Waals surface area (Å²) in [4.78, 5) is 22.4. The Kier molecular flexibility index (Phi) is 2.45. The summed E-state index contributed by atoms with van der Waals surface area (Å²) in [6.07, 6.45) is 0.879. The van der Waals surface area contributed by atoms with Crippen molar-refractivity contribution in [2.24, 2.45) is 0 Å². The summed E-state index contributed by atoms with van der Waals surface area (Å²) >= 11 is 0. The number of methoxy groups -OCH3 is 1. The van der Waals surface area contributed by atoms with Crippen LogP contribution >= 0.6 is 0 Å². The fraction of sp³-hybridized carbons (Fsp3) is 0.0833. The normalized spacial score (nSPS) is 10.8. The van der Waals surface area contributed by atoms with Crippen LogP contribution in [0.4, 0.5) is 16.3 Å². The first kappa shape index (κ1) is 11.3. The predicted octanol–water partition coefficient (Wildman–Crippen LogP) is 1.87. The third-order valence-corrected chi connectivity index (χ3v) is 2.85. The fourth-order valence-corrected chi connectivity index (χ4v) is 1.99. The summed E-state index contributed by atoms with van der Waals surface area (Å²) in [6, 6.07) is 5.39. The molecule has 2 aromatic heterocycles. The van der Waals surface area contributed by atoms with Gasteiger partial charge in [0.1, 0.15) is 17.8 Å². The van der Waals surface area contributed by atoms with Crippen LogP contribution in [0.1, 0.15) is 0 Å². The molecular formula is C12H11N5O2. The summed E-state index contributed by atoms with van der Waals surface area (Å²) < 4.78 is 4.55. The highest BCUT2D eigenvalue weighted by Crippen LogP contribution is 2.29. The van der Waals surface area contributed by atoms with E-state index in [4.69, 9.17) is 5.73 Å². The molecule has 0 fully saturated rings. The van der Waals surface area contributed by atoms with Crippen molar-refractivity contribution in [1.29, 1.82) is 0 Å². The van der Waals surface area contributed by atoms with E-state index in [2.05, 4.69) is 25.0 Å². The third kappa shape index (κ3) is 1.81. The molecular weight excluding hydrogens is 246 g/mol. The van der Waals surface area contributed by atoms with Gasteiger partial charge in [-0.25, -0.2) is 14.8 Å². The number of aromatic nitrogens is 3. The quantitative estimate of drug-likeness (QED) is 0.617. The van der Waals surface area contributed by atoms with Gasteiger partial charge in [-0.2, -0.15) is 0 Å². The topological polar surface area (TPSA) is 106 Å². The zero-order valence-corrected chi connectivity index (χ0v) is 10.1. The molecule has 7 nitrogen and oxygen atoms in total. The molecule has 0 saturated carbocycles. The minimum Gasteiger partial charge on any atom is -0.453 e. The molecule has 7 heteroatoms. The van der Waals surface area contributed by atoms with Crippen LogP contribution in [-0.4, -0.2) is 28.2 Å². The molecule has 3 rings (SSSR count). The van der Waals surface area contributed by atoms with Gasteiger partial charge in [0, 0.05) is 16.6 Å². The van der Waals surface area contributed by atoms with Crippen molar-refractivity contribution in [3.05, 3.63) is 24.5 Å². The number of hydrogen-bond acceptors (Lipinski definition) is 5. The average Bonchev–Trinajstić information content (AvgIpc) is 2.77. The van der Waals surface area contributed by atoms with Gasteiger partial charge in [0.25, 0.3) is 0 Å². The van der Waals surface area contributed by atoms with E-state index in [1.54, 1.807) is 12.1 Å². The third-order valence-electron chi connectivity index (χ3n) is 2.85. The van der Waals surface area contributed by atoms with Gasteiger partial charge < -0.3 is 15.5 Å². The molecule has 96 valence electrons. The lowest BCUT2D eigenvalue weighted by molar-refractivity contribution is 0.187. The smallest absolute Gasteiger partial charge is 0.411 e. The van der Waals surface area contributed by atoms with Crippen molar-refractivity contribution in [1.82, 2.24) is 15.0 Å².